The summed E-state index contributed by atoms with van der Waals surface area (Å²) in [6.45, 7) is 3.06. The molecule has 0 radical (unpaired) electrons. The lowest BCUT2D eigenvalue weighted by molar-refractivity contribution is -0.120. The number of nitrogens with zero attached hydrogens (tertiary/aromatic N) is 7. The number of nitrogens with two attached hydrogens (primary N) is 1. The van der Waals surface area contributed by atoms with Crippen molar-refractivity contribution in [1.82, 2.24) is 19.9 Å². The van der Waals surface area contributed by atoms with Crippen LogP contribution in [0.1, 0.15) is 60.9 Å². The maximum atomic E-state index is 14.4. The molecule has 13 heteroatoms. The van der Waals surface area contributed by atoms with E-state index in [1.165, 1.54) is 16.2 Å². The minimum Gasteiger partial charge on any atom is -0.461 e. The molecule has 2 N–H and O–H groups in total. The molecule has 1 spiro atoms. The van der Waals surface area contributed by atoms with E-state index >= 15 is 0 Å². The number of fused-ring (bicyclic) bond motifs is 5. The van der Waals surface area contributed by atoms with E-state index in [1.807, 2.05) is 11.8 Å². The van der Waals surface area contributed by atoms with E-state index in [2.05, 4.69) is 20.8 Å². The molecule has 210 valence electrons. The van der Waals surface area contributed by atoms with Crippen molar-refractivity contribution in [2.45, 2.75) is 79.2 Å². The molecule has 40 heavy (non-hydrogen) atoms. The lowest BCUT2D eigenvalue weighted by atomic mass is 9.88. The molecule has 8 heterocycles. The highest BCUT2D eigenvalue weighted by molar-refractivity contribution is 8.00. The number of alkyl halides is 1. The highest BCUT2D eigenvalue weighted by Gasteiger charge is 2.54. The van der Waals surface area contributed by atoms with E-state index in [0.29, 0.717) is 73.7 Å². The van der Waals surface area contributed by atoms with Crippen molar-refractivity contribution in [3.8, 4) is 12.1 Å². The zero-order valence-corrected chi connectivity index (χ0v) is 23.8. The number of piperidine rings is 1. The Balaban J connectivity index is 1.10. The predicted molar refractivity (Wildman–Crippen MR) is 151 cm³/mol. The van der Waals surface area contributed by atoms with Crippen molar-refractivity contribution in [1.29, 1.82) is 5.26 Å². The number of aromatic nitrogens is 3. The van der Waals surface area contributed by atoms with Crippen molar-refractivity contribution in [2.75, 3.05) is 48.3 Å². The van der Waals surface area contributed by atoms with Gasteiger partial charge in [0, 0.05) is 67.2 Å². The molecular weight excluding hydrogens is 551 g/mol. The molecular formula is C27H31FN8O2S2. The number of hydrogen-bond acceptors (Lipinski definition) is 12. The van der Waals surface area contributed by atoms with E-state index in [4.69, 9.17) is 25.4 Å². The monoisotopic (exact) mass is 582 g/mol. The summed E-state index contributed by atoms with van der Waals surface area (Å²) in [4.78, 5) is 34.5. The zero-order valence-electron chi connectivity index (χ0n) is 22.1. The molecule has 0 saturated carbocycles. The number of nitrogen functional groups attached to an aromatic ring is 1. The van der Waals surface area contributed by atoms with Gasteiger partial charge in [0.1, 0.15) is 29.6 Å². The third kappa shape index (κ3) is 3.68. The number of carbonyl (C=O) groups excluding carboxylic acids is 1. The quantitative estimate of drug-likeness (QED) is 0.559. The third-order valence-corrected chi connectivity index (χ3v) is 12.5. The van der Waals surface area contributed by atoms with Crippen LogP contribution in [-0.2, 0) is 15.3 Å². The van der Waals surface area contributed by atoms with Crippen molar-refractivity contribution in [2.24, 2.45) is 0 Å². The summed E-state index contributed by atoms with van der Waals surface area (Å²) in [7, 11) is 0. The molecule has 8 rings (SSSR count). The number of nitriles is 1. The number of hydrogen-bond donors (Lipinski definition) is 1. The Hall–Kier alpha value is -2.69. The first-order valence-electron chi connectivity index (χ1n) is 14.2. The van der Waals surface area contributed by atoms with Crippen molar-refractivity contribution >= 4 is 45.8 Å². The Morgan fingerprint density at radius 1 is 1.18 bits per heavy atom. The molecule has 4 atom stereocenters. The maximum absolute atomic E-state index is 14.4. The largest absolute Gasteiger partial charge is 0.461 e. The molecule has 6 aliphatic rings. The number of Topliss-reactive ketones (excluding diaryl/α,β-unsaturated/α-hetero) is 1. The molecule has 0 aliphatic carbocycles. The van der Waals surface area contributed by atoms with Crippen LogP contribution in [0, 0.1) is 11.3 Å². The Bertz CT molecular complexity index is 1420. The van der Waals surface area contributed by atoms with Crippen LogP contribution in [0.25, 0.3) is 0 Å². The van der Waals surface area contributed by atoms with Crippen LogP contribution < -0.4 is 20.3 Å². The molecule has 2 aromatic rings. The van der Waals surface area contributed by atoms with Crippen molar-refractivity contribution in [3.05, 3.63) is 16.0 Å². The van der Waals surface area contributed by atoms with Gasteiger partial charge < -0.3 is 20.3 Å². The number of thioether (sulfide) groups is 1. The van der Waals surface area contributed by atoms with Crippen LogP contribution in [0.4, 0.5) is 21.3 Å². The van der Waals surface area contributed by atoms with Gasteiger partial charge in [0.15, 0.2) is 0 Å². The van der Waals surface area contributed by atoms with Gasteiger partial charge in [-0.2, -0.15) is 20.2 Å². The Morgan fingerprint density at radius 2 is 1.95 bits per heavy atom. The number of carbonyl (C=O) groups is 1. The Kier molecular flexibility index (Phi) is 5.58. The lowest BCUT2D eigenvalue weighted by Crippen LogP contribution is -2.57. The van der Waals surface area contributed by atoms with Gasteiger partial charge in [0.2, 0.25) is 11.9 Å². The predicted octanol–water partition coefficient (Wildman–Crippen LogP) is 3.00. The topological polar surface area (TPSA) is 124 Å². The first-order valence-corrected chi connectivity index (χ1v) is 16.0. The van der Waals surface area contributed by atoms with E-state index in [1.54, 1.807) is 0 Å². The minimum atomic E-state index is -0.828. The SMILES string of the molecule is N#Cc1c(N)sc2c1C1(CN(c3nc(OC[C@@]45CCCN4C[C@H](F)C5)nc(N4C5CCC4CC(=O)C5)n3)C1)SC2. The fourth-order valence-corrected chi connectivity index (χ4v) is 10.8. The summed E-state index contributed by atoms with van der Waals surface area (Å²) in [5, 5.41) is 10.4. The van der Waals surface area contributed by atoms with Crippen LogP contribution in [0.3, 0.4) is 0 Å². The van der Waals surface area contributed by atoms with Gasteiger partial charge in [-0.15, -0.1) is 23.1 Å². The summed E-state index contributed by atoms with van der Waals surface area (Å²) in [5.74, 6) is 2.27. The van der Waals surface area contributed by atoms with Gasteiger partial charge in [0.05, 0.1) is 15.8 Å². The second-order valence-electron chi connectivity index (χ2n) is 12.2. The fraction of sp³-hybridized carbons (Fsp3) is 0.667. The van der Waals surface area contributed by atoms with Crippen LogP contribution in [0.2, 0.25) is 0 Å². The summed E-state index contributed by atoms with van der Waals surface area (Å²) in [5.41, 5.74) is 7.57. The van der Waals surface area contributed by atoms with Gasteiger partial charge in [-0.1, -0.05) is 0 Å². The number of ketones is 1. The summed E-state index contributed by atoms with van der Waals surface area (Å²) in [6, 6.07) is 2.79. The second-order valence-corrected chi connectivity index (χ2v) is 14.7. The average Bonchev–Trinajstić information content (AvgIpc) is 3.67. The maximum Gasteiger partial charge on any atom is 0.323 e. The molecule has 0 aromatic carbocycles. The molecule has 10 nitrogen and oxygen atoms in total. The summed E-state index contributed by atoms with van der Waals surface area (Å²) >= 11 is 3.38. The smallest absolute Gasteiger partial charge is 0.323 e. The molecule has 5 saturated heterocycles. The van der Waals surface area contributed by atoms with Crippen LogP contribution in [0.15, 0.2) is 0 Å². The Morgan fingerprint density at radius 3 is 2.73 bits per heavy atom. The van der Waals surface area contributed by atoms with Gasteiger partial charge >= 0.3 is 6.01 Å². The summed E-state index contributed by atoms with van der Waals surface area (Å²) < 4.78 is 20.5. The first-order chi connectivity index (χ1) is 19.4. The van der Waals surface area contributed by atoms with E-state index < -0.39 is 6.17 Å². The van der Waals surface area contributed by atoms with Gasteiger partial charge in [0.25, 0.3) is 0 Å². The molecule has 2 bridgehead atoms. The summed E-state index contributed by atoms with van der Waals surface area (Å²) in [6.07, 6.45) is 4.55. The first kappa shape index (κ1) is 25.1. The molecule has 6 aliphatic heterocycles. The van der Waals surface area contributed by atoms with E-state index in [0.717, 1.165) is 43.5 Å². The molecule has 5 fully saturated rings. The van der Waals surface area contributed by atoms with Gasteiger partial charge in [-0.25, -0.2) is 4.39 Å². The minimum absolute atomic E-state index is 0.100. The van der Waals surface area contributed by atoms with Crippen LogP contribution in [-0.4, -0.2) is 82.2 Å². The zero-order chi connectivity index (χ0) is 27.2. The van der Waals surface area contributed by atoms with Crippen LogP contribution >= 0.6 is 23.1 Å². The third-order valence-electron chi connectivity index (χ3n) is 9.83. The number of anilines is 3. The molecule has 2 unspecified atom stereocenters. The number of rotatable bonds is 5. The second kappa shape index (κ2) is 8.90. The van der Waals surface area contributed by atoms with E-state index in [9.17, 15) is 14.4 Å². The highest BCUT2D eigenvalue weighted by Crippen LogP contribution is 2.58. The number of halogens is 1. The molecule has 2 aromatic heterocycles. The number of thiophene rings is 1. The van der Waals surface area contributed by atoms with E-state index in [-0.39, 0.29) is 28.4 Å². The van der Waals surface area contributed by atoms with Crippen LogP contribution in [0.5, 0.6) is 6.01 Å². The van der Waals surface area contributed by atoms with Gasteiger partial charge in [-0.3, -0.25) is 9.69 Å². The Labute approximate surface area is 240 Å². The molecule has 0 amide bonds. The normalized spacial score (nSPS) is 31.9. The number of ether oxygens (including phenoxy) is 1. The van der Waals surface area contributed by atoms with Gasteiger partial charge in [-0.05, 0) is 32.2 Å². The highest BCUT2D eigenvalue weighted by atomic mass is 32.2. The van der Waals surface area contributed by atoms with Crippen molar-refractivity contribution < 1.29 is 13.9 Å². The standard InChI is InChI=1S/C27H31FN8O2S2/c28-15-8-26(4-1-5-35(26)10-15)14-38-25-32-23(31-24(33-25)36-16-2-3-17(36)7-18(37)6-16)34-12-27(13-34)21-19(9-29)22(30)40-20(21)11-39-27/h15-17H,1-8,10-14,30H2/t15-,16?,17?,26+/m1/s1. The average molecular weight is 583 g/mol. The lowest BCUT2D eigenvalue weighted by Gasteiger charge is -2.48. The van der Waals surface area contributed by atoms with Crippen molar-refractivity contribution in [3.63, 3.8) is 0 Å². The fourth-order valence-electron chi connectivity index (χ4n) is 8.03.